The number of carbonyl (C=O) groups excluding carboxylic acids is 1. The van der Waals surface area contributed by atoms with Crippen molar-refractivity contribution in [2.75, 3.05) is 19.7 Å². The van der Waals surface area contributed by atoms with E-state index in [1.54, 1.807) is 6.08 Å². The first-order valence-corrected chi connectivity index (χ1v) is 9.76. The number of fused-ring (bicyclic) bond motifs is 1. The molecule has 4 nitrogen and oxygen atoms in total. The Morgan fingerprint density at radius 3 is 2.68 bits per heavy atom. The Morgan fingerprint density at radius 2 is 1.93 bits per heavy atom. The van der Waals surface area contributed by atoms with Gasteiger partial charge in [-0.05, 0) is 35.4 Å². The van der Waals surface area contributed by atoms with Crippen LogP contribution in [0.15, 0.2) is 60.7 Å². The van der Waals surface area contributed by atoms with E-state index in [2.05, 4.69) is 47.4 Å². The molecule has 0 atom stereocenters. The van der Waals surface area contributed by atoms with Crippen LogP contribution in [0.5, 0.6) is 5.75 Å². The molecule has 0 aliphatic carbocycles. The van der Waals surface area contributed by atoms with Crippen LogP contribution in [0.4, 0.5) is 0 Å². The minimum absolute atomic E-state index is 0.218. The van der Waals surface area contributed by atoms with Gasteiger partial charge in [0.25, 0.3) is 0 Å². The first-order valence-electron chi connectivity index (χ1n) is 9.76. The maximum absolute atomic E-state index is 11.2. The lowest BCUT2D eigenvalue weighted by atomic mass is 9.87. The van der Waals surface area contributed by atoms with Gasteiger partial charge >= 0.3 is 0 Å². The molecule has 4 heteroatoms. The number of ether oxygens (including phenoxy) is 1. The molecule has 0 saturated carbocycles. The largest absolute Gasteiger partial charge is 0.482 e. The van der Waals surface area contributed by atoms with E-state index >= 15 is 0 Å². The molecule has 1 N–H and O–H groups in total. The number of piperidine rings is 1. The predicted molar refractivity (Wildman–Crippen MR) is 111 cm³/mol. The molecule has 2 aliphatic heterocycles. The van der Waals surface area contributed by atoms with Gasteiger partial charge in [-0.25, -0.2) is 0 Å². The SMILES string of the molecule is O=C(/C=C/c1ccc2c(c1)C=CC1(CCN(Cc3ccccc3)CC1)O2)CO. The van der Waals surface area contributed by atoms with Crippen molar-refractivity contribution in [2.45, 2.75) is 25.0 Å². The second-order valence-corrected chi connectivity index (χ2v) is 7.52. The van der Waals surface area contributed by atoms with Gasteiger partial charge in [0, 0.05) is 38.0 Å². The molecule has 0 unspecified atom stereocenters. The fourth-order valence-electron chi connectivity index (χ4n) is 3.83. The van der Waals surface area contributed by atoms with E-state index in [0.717, 1.165) is 49.4 Å². The van der Waals surface area contributed by atoms with Gasteiger partial charge in [-0.2, -0.15) is 0 Å². The number of nitrogens with zero attached hydrogens (tertiary/aromatic N) is 1. The Balaban J connectivity index is 1.40. The van der Waals surface area contributed by atoms with Crippen LogP contribution in [0.2, 0.25) is 0 Å². The standard InChI is InChI=1S/C24H25NO3/c26-18-22(27)8-6-19-7-9-23-21(16-19)10-11-24(28-23)12-14-25(15-13-24)17-20-4-2-1-3-5-20/h1-11,16,26H,12-15,17-18H2/b8-6+. The van der Waals surface area contributed by atoms with Crippen LogP contribution in [-0.2, 0) is 11.3 Å². The van der Waals surface area contributed by atoms with Crippen molar-refractivity contribution in [1.29, 1.82) is 0 Å². The van der Waals surface area contributed by atoms with Crippen LogP contribution >= 0.6 is 0 Å². The summed E-state index contributed by atoms with van der Waals surface area (Å²) in [6.07, 6.45) is 9.40. The highest BCUT2D eigenvalue weighted by atomic mass is 16.5. The van der Waals surface area contributed by atoms with Gasteiger partial charge in [-0.1, -0.05) is 48.6 Å². The summed E-state index contributed by atoms with van der Waals surface area (Å²) in [4.78, 5) is 13.7. The van der Waals surface area contributed by atoms with Crippen LogP contribution in [0.1, 0.15) is 29.5 Å². The van der Waals surface area contributed by atoms with E-state index in [0.29, 0.717) is 0 Å². The zero-order valence-corrected chi connectivity index (χ0v) is 15.9. The lowest BCUT2D eigenvalue weighted by Crippen LogP contribution is -2.47. The lowest BCUT2D eigenvalue weighted by Gasteiger charge is -2.42. The summed E-state index contributed by atoms with van der Waals surface area (Å²) in [5.41, 5.74) is 3.08. The maximum Gasteiger partial charge on any atom is 0.181 e. The van der Waals surface area contributed by atoms with Gasteiger partial charge in [-0.15, -0.1) is 0 Å². The minimum Gasteiger partial charge on any atom is -0.482 e. The van der Waals surface area contributed by atoms with E-state index in [-0.39, 0.29) is 11.4 Å². The lowest BCUT2D eigenvalue weighted by molar-refractivity contribution is -0.117. The second kappa shape index (κ2) is 8.13. The number of aliphatic hydroxyl groups is 1. The van der Waals surface area contributed by atoms with Gasteiger partial charge in [0.1, 0.15) is 18.0 Å². The number of aliphatic hydroxyl groups excluding tert-OH is 1. The maximum atomic E-state index is 11.2. The quantitative estimate of drug-likeness (QED) is 0.810. The summed E-state index contributed by atoms with van der Waals surface area (Å²) in [6, 6.07) is 16.5. The van der Waals surface area contributed by atoms with Crippen LogP contribution in [-0.4, -0.2) is 41.1 Å². The molecule has 2 aliphatic rings. The molecule has 0 radical (unpaired) electrons. The third kappa shape index (κ3) is 4.24. The molecule has 4 rings (SSSR count). The van der Waals surface area contributed by atoms with Crippen LogP contribution in [0.3, 0.4) is 0 Å². The highest BCUT2D eigenvalue weighted by Gasteiger charge is 2.36. The Kier molecular flexibility index (Phi) is 5.42. The molecule has 28 heavy (non-hydrogen) atoms. The third-order valence-corrected chi connectivity index (χ3v) is 5.48. The molecule has 144 valence electrons. The molecule has 2 heterocycles. The molecule has 0 bridgehead atoms. The Morgan fingerprint density at radius 1 is 1.14 bits per heavy atom. The topological polar surface area (TPSA) is 49.8 Å². The number of carbonyl (C=O) groups is 1. The average Bonchev–Trinajstić information content (AvgIpc) is 2.74. The minimum atomic E-state index is -0.464. The van der Waals surface area contributed by atoms with Crippen LogP contribution in [0, 0.1) is 0 Å². The average molecular weight is 375 g/mol. The van der Waals surface area contributed by atoms with Crippen molar-refractivity contribution in [3.63, 3.8) is 0 Å². The highest BCUT2D eigenvalue weighted by Crippen LogP contribution is 2.37. The smallest absolute Gasteiger partial charge is 0.181 e. The van der Waals surface area contributed by atoms with Gasteiger partial charge in [0.2, 0.25) is 0 Å². The Hall–Kier alpha value is -2.69. The normalized spacial score (nSPS) is 18.2. The number of benzene rings is 2. The summed E-state index contributed by atoms with van der Waals surface area (Å²) in [7, 11) is 0. The van der Waals surface area contributed by atoms with Crippen LogP contribution < -0.4 is 4.74 Å². The molecule has 2 aromatic carbocycles. The number of ketones is 1. The summed E-state index contributed by atoms with van der Waals surface area (Å²) in [6.45, 7) is 2.55. The number of hydrogen-bond acceptors (Lipinski definition) is 4. The molecule has 1 saturated heterocycles. The summed E-state index contributed by atoms with van der Waals surface area (Å²) in [5.74, 6) is 0.593. The number of rotatable bonds is 5. The number of hydrogen-bond donors (Lipinski definition) is 1. The van der Waals surface area contributed by atoms with Crippen molar-refractivity contribution in [1.82, 2.24) is 4.90 Å². The third-order valence-electron chi connectivity index (χ3n) is 5.48. The molecule has 1 fully saturated rings. The molecular weight excluding hydrogens is 350 g/mol. The second-order valence-electron chi connectivity index (χ2n) is 7.52. The van der Waals surface area contributed by atoms with E-state index in [9.17, 15) is 4.79 Å². The van der Waals surface area contributed by atoms with Gasteiger partial charge in [0.15, 0.2) is 5.78 Å². The molecule has 0 aromatic heterocycles. The monoisotopic (exact) mass is 375 g/mol. The Labute approximate surface area is 165 Å². The summed E-state index contributed by atoms with van der Waals surface area (Å²) >= 11 is 0. The van der Waals surface area contributed by atoms with E-state index in [1.165, 1.54) is 11.6 Å². The van der Waals surface area contributed by atoms with Crippen molar-refractivity contribution in [3.8, 4) is 5.75 Å². The molecule has 0 amide bonds. The number of likely N-dealkylation sites (tertiary alicyclic amines) is 1. The molecular formula is C24H25NO3. The fourth-order valence-corrected chi connectivity index (χ4v) is 3.83. The fraction of sp³-hybridized carbons (Fsp3) is 0.292. The predicted octanol–water partition coefficient (Wildman–Crippen LogP) is 3.70. The van der Waals surface area contributed by atoms with Gasteiger partial charge in [0.05, 0.1) is 0 Å². The van der Waals surface area contributed by atoms with Gasteiger partial charge in [-0.3, -0.25) is 9.69 Å². The van der Waals surface area contributed by atoms with Crippen molar-refractivity contribution in [2.24, 2.45) is 0 Å². The van der Waals surface area contributed by atoms with Gasteiger partial charge < -0.3 is 9.84 Å². The molecule has 1 spiro atoms. The van der Waals surface area contributed by atoms with Crippen molar-refractivity contribution in [3.05, 3.63) is 77.4 Å². The van der Waals surface area contributed by atoms with E-state index < -0.39 is 6.61 Å². The van der Waals surface area contributed by atoms with Crippen molar-refractivity contribution < 1.29 is 14.6 Å². The Bertz CT molecular complexity index is 893. The highest BCUT2D eigenvalue weighted by molar-refractivity contribution is 5.94. The zero-order valence-electron chi connectivity index (χ0n) is 15.9. The van der Waals surface area contributed by atoms with E-state index in [4.69, 9.17) is 9.84 Å². The first-order chi connectivity index (χ1) is 13.7. The zero-order chi connectivity index (χ0) is 19.4. The van der Waals surface area contributed by atoms with E-state index in [1.807, 2.05) is 18.2 Å². The van der Waals surface area contributed by atoms with Crippen molar-refractivity contribution >= 4 is 17.9 Å². The molecule has 2 aromatic rings. The van der Waals surface area contributed by atoms with Crippen LogP contribution in [0.25, 0.3) is 12.2 Å². The first kappa shape index (κ1) is 18.7. The summed E-state index contributed by atoms with van der Waals surface area (Å²) < 4.78 is 6.42. The summed E-state index contributed by atoms with van der Waals surface area (Å²) in [5, 5.41) is 8.81.